The van der Waals surface area contributed by atoms with E-state index < -0.39 is 0 Å². The predicted octanol–water partition coefficient (Wildman–Crippen LogP) is 12.9. The second kappa shape index (κ2) is 11.4. The highest BCUT2D eigenvalue weighted by Crippen LogP contribution is 2.50. The Morgan fingerprint density at radius 3 is 2.39 bits per heavy atom. The monoisotopic (exact) mass is 741 g/mol. The molecule has 0 spiro atoms. The largest absolute Gasteiger partial charge is 0.308 e. The van der Waals surface area contributed by atoms with Crippen LogP contribution in [0.5, 0.6) is 0 Å². The van der Waals surface area contributed by atoms with Gasteiger partial charge in [-0.15, -0.1) is 11.3 Å². The number of pyridine rings is 2. The van der Waals surface area contributed by atoms with Crippen LogP contribution in [0.4, 0.5) is 0 Å². The van der Waals surface area contributed by atoms with Gasteiger partial charge in [-0.1, -0.05) is 75.4 Å². The third-order valence-electron chi connectivity index (χ3n) is 13.2. The van der Waals surface area contributed by atoms with Crippen molar-refractivity contribution in [3.63, 3.8) is 0 Å². The molecule has 0 saturated heterocycles. The van der Waals surface area contributed by atoms with Gasteiger partial charge in [0, 0.05) is 77.0 Å². The molecule has 2 aliphatic rings. The van der Waals surface area contributed by atoms with Crippen LogP contribution in [-0.4, -0.2) is 4.40 Å². The van der Waals surface area contributed by atoms with Gasteiger partial charge in [-0.3, -0.25) is 0 Å². The number of hydrogen-bond donors (Lipinski definition) is 0. The van der Waals surface area contributed by atoms with Crippen LogP contribution < -0.4 is 9.13 Å². The standard InChI is InChI=1S/C52H43N3S/c1-30-18-21-42-35-13-7-6-12-34(35)37-20-19-32-25-46-41(27-39(32)45-26-33(52(3,4)5)22-23-53(45)31(2)24-44(37)54(42)29-30)50-49-38-15-9-11-17-47(38)56-48(49)28-40-36-14-8-10-16-43(36)55(46)51(40)50/h6-18,21-23,25-29,37,44H,2,19-20,24H2,1,3-5H3/q+2. The maximum atomic E-state index is 4.91. The van der Waals surface area contributed by atoms with E-state index in [-0.39, 0.29) is 11.5 Å². The van der Waals surface area contributed by atoms with Crippen LogP contribution in [-0.2, 0) is 11.8 Å². The molecule has 0 aliphatic carbocycles. The van der Waals surface area contributed by atoms with Gasteiger partial charge in [0.25, 0.3) is 0 Å². The molecular weight excluding hydrogens is 699 g/mol. The van der Waals surface area contributed by atoms with Gasteiger partial charge in [0.05, 0.1) is 28.5 Å². The summed E-state index contributed by atoms with van der Waals surface area (Å²) < 4.78 is 10.3. The zero-order valence-electron chi connectivity index (χ0n) is 32.4. The number of hydrogen-bond acceptors (Lipinski definition) is 1. The maximum absolute atomic E-state index is 4.91. The fourth-order valence-electron chi connectivity index (χ4n) is 10.6. The molecule has 0 bridgehead atoms. The number of allylic oxidation sites excluding steroid dienone is 1. The van der Waals surface area contributed by atoms with E-state index in [4.69, 9.17) is 6.58 Å². The smallest absolute Gasteiger partial charge is 0.218 e. The van der Waals surface area contributed by atoms with Gasteiger partial charge in [0.2, 0.25) is 11.4 Å². The summed E-state index contributed by atoms with van der Waals surface area (Å²) in [6.07, 6.45) is 7.58. The van der Waals surface area contributed by atoms with Crippen molar-refractivity contribution in [2.45, 2.75) is 64.3 Å². The van der Waals surface area contributed by atoms with Crippen LogP contribution in [0.15, 0.2) is 134 Å². The fourth-order valence-corrected chi connectivity index (χ4v) is 11.7. The van der Waals surface area contributed by atoms with Crippen LogP contribution in [0, 0.1) is 6.92 Å². The molecule has 2 atom stereocenters. The number of thiophene rings is 1. The fraction of sp³-hybridized carbons (Fsp3) is 0.192. The lowest BCUT2D eigenvalue weighted by Gasteiger charge is -2.31. The van der Waals surface area contributed by atoms with Crippen molar-refractivity contribution >= 4 is 75.3 Å². The molecule has 5 aromatic heterocycles. The van der Waals surface area contributed by atoms with Crippen molar-refractivity contribution in [1.29, 1.82) is 0 Å². The Bertz CT molecular complexity index is 3320. The summed E-state index contributed by atoms with van der Waals surface area (Å²) in [6, 6.07) is 44.4. The van der Waals surface area contributed by atoms with Gasteiger partial charge in [0.1, 0.15) is 0 Å². The van der Waals surface area contributed by atoms with Crippen LogP contribution in [0.2, 0.25) is 0 Å². The van der Waals surface area contributed by atoms with Crippen molar-refractivity contribution < 1.29 is 9.13 Å². The molecule has 2 aliphatic heterocycles. The minimum Gasteiger partial charge on any atom is -0.308 e. The number of aromatic nitrogens is 3. The minimum atomic E-state index is -0.00176. The van der Waals surface area contributed by atoms with Crippen LogP contribution >= 0.6 is 11.3 Å². The number of para-hydroxylation sites is 1. The Morgan fingerprint density at radius 2 is 1.52 bits per heavy atom. The molecule has 5 aromatic carbocycles. The summed E-state index contributed by atoms with van der Waals surface area (Å²) in [4.78, 5) is 0. The maximum Gasteiger partial charge on any atom is 0.218 e. The first-order valence-electron chi connectivity index (χ1n) is 20.1. The zero-order valence-corrected chi connectivity index (χ0v) is 33.2. The average Bonchev–Trinajstić information content (AvgIpc) is 3.85. The SMILES string of the molecule is C=C1CC2C(CCc3cc4c(cc3-c3cc(C(C)(C)C)cc[n+]31)c1c3c(cc5c6ccccc6n4c51)sc1ccccc13)c1ccccc1-c1ccc(C)c[n+]12. The van der Waals surface area contributed by atoms with E-state index in [0.29, 0.717) is 5.92 Å². The molecule has 3 nitrogen and oxygen atoms in total. The van der Waals surface area contributed by atoms with Gasteiger partial charge in [-0.2, -0.15) is 9.13 Å². The van der Waals surface area contributed by atoms with E-state index in [2.05, 4.69) is 169 Å². The molecule has 0 amide bonds. The number of benzene rings is 5. The van der Waals surface area contributed by atoms with Crippen molar-refractivity contribution in [1.82, 2.24) is 4.40 Å². The topological polar surface area (TPSA) is 12.2 Å². The lowest BCUT2D eigenvalue weighted by molar-refractivity contribution is -0.720. The first-order valence-corrected chi connectivity index (χ1v) is 21.0. The zero-order chi connectivity index (χ0) is 37.6. The Morgan fingerprint density at radius 1 is 0.714 bits per heavy atom. The first kappa shape index (κ1) is 32.4. The highest BCUT2D eigenvalue weighted by atomic mass is 32.1. The molecule has 10 aromatic rings. The van der Waals surface area contributed by atoms with Crippen molar-refractivity contribution in [3.05, 3.63) is 156 Å². The summed E-state index contributed by atoms with van der Waals surface area (Å²) in [6.45, 7) is 14.1. The van der Waals surface area contributed by atoms with Gasteiger partial charge in [-0.25, -0.2) is 0 Å². The van der Waals surface area contributed by atoms with Crippen LogP contribution in [0.25, 0.3) is 86.5 Å². The van der Waals surface area contributed by atoms with Gasteiger partial charge in [-0.05, 0) is 90.9 Å². The molecule has 12 rings (SSSR count). The third kappa shape index (κ3) is 4.39. The van der Waals surface area contributed by atoms with Crippen LogP contribution in [0.3, 0.4) is 0 Å². The van der Waals surface area contributed by atoms with E-state index in [0.717, 1.165) is 25.0 Å². The van der Waals surface area contributed by atoms with Gasteiger partial charge >= 0.3 is 0 Å². The molecule has 2 unspecified atom stereocenters. The third-order valence-corrected chi connectivity index (χ3v) is 14.3. The lowest BCUT2D eigenvalue weighted by atomic mass is 9.77. The van der Waals surface area contributed by atoms with E-state index in [1.54, 1.807) is 0 Å². The molecule has 0 fully saturated rings. The van der Waals surface area contributed by atoms with E-state index in [1.807, 2.05) is 11.3 Å². The predicted molar refractivity (Wildman–Crippen MR) is 235 cm³/mol. The highest BCUT2D eigenvalue weighted by molar-refractivity contribution is 7.26. The highest BCUT2D eigenvalue weighted by Gasteiger charge is 2.43. The lowest BCUT2D eigenvalue weighted by Crippen LogP contribution is -2.49. The van der Waals surface area contributed by atoms with Crippen molar-refractivity contribution in [3.8, 4) is 22.5 Å². The average molecular weight is 742 g/mol. The summed E-state index contributed by atoms with van der Waals surface area (Å²) in [5.41, 5.74) is 15.8. The number of rotatable bonds is 0. The summed E-state index contributed by atoms with van der Waals surface area (Å²) in [7, 11) is 0. The Balaban J connectivity index is 1.20. The Hall–Kier alpha value is -5.84. The van der Waals surface area contributed by atoms with E-state index in [1.165, 1.54) is 103 Å². The first-order chi connectivity index (χ1) is 27.2. The van der Waals surface area contributed by atoms with Crippen molar-refractivity contribution in [2.24, 2.45) is 0 Å². The summed E-state index contributed by atoms with van der Waals surface area (Å²) >= 11 is 1.92. The molecule has 4 heteroatoms. The van der Waals surface area contributed by atoms with Gasteiger partial charge < -0.3 is 4.40 Å². The molecule has 56 heavy (non-hydrogen) atoms. The second-order valence-corrected chi connectivity index (χ2v) is 18.6. The molecule has 0 N–H and O–H groups in total. The number of aryl methyl sites for hydroxylation is 2. The van der Waals surface area contributed by atoms with E-state index >= 15 is 0 Å². The quantitative estimate of drug-likeness (QED) is 0.137. The van der Waals surface area contributed by atoms with E-state index in [9.17, 15) is 0 Å². The Labute approximate surface area is 330 Å². The number of fused-ring (bicyclic) bond motifs is 19. The molecule has 0 saturated carbocycles. The Kier molecular flexibility index (Phi) is 6.58. The molecule has 270 valence electrons. The normalized spacial score (nSPS) is 17.1. The number of nitrogens with zero attached hydrogens (tertiary/aromatic N) is 3. The molecular formula is C52H43N3S+2. The van der Waals surface area contributed by atoms with Crippen molar-refractivity contribution in [2.75, 3.05) is 0 Å². The van der Waals surface area contributed by atoms with Crippen LogP contribution in [0.1, 0.15) is 67.8 Å². The summed E-state index contributed by atoms with van der Waals surface area (Å²) in [5.74, 6) is 0.340. The van der Waals surface area contributed by atoms with Gasteiger partial charge in [0.15, 0.2) is 24.1 Å². The summed E-state index contributed by atoms with van der Waals surface area (Å²) in [5, 5.41) is 8.12. The molecule has 7 heterocycles. The second-order valence-electron chi connectivity index (χ2n) is 17.5. The molecule has 0 radical (unpaired) electrons. The minimum absolute atomic E-state index is 0.00176.